The summed E-state index contributed by atoms with van der Waals surface area (Å²) in [5, 5.41) is 9.51. The Labute approximate surface area is 261 Å². The Bertz CT molecular complexity index is 1690. The van der Waals surface area contributed by atoms with Crippen LogP contribution in [0.5, 0.6) is 11.5 Å². The predicted molar refractivity (Wildman–Crippen MR) is 176 cm³/mol. The summed E-state index contributed by atoms with van der Waals surface area (Å²) in [6, 6.07) is 20.2. The van der Waals surface area contributed by atoms with Crippen LogP contribution >= 0.6 is 0 Å². The first-order chi connectivity index (χ1) is 21.1. The fourth-order valence-corrected chi connectivity index (χ4v) is 6.75. The molecule has 0 spiro atoms. The lowest BCUT2D eigenvalue weighted by Crippen LogP contribution is -2.28. The molecule has 0 radical (unpaired) electrons. The molecule has 3 aromatic rings. The van der Waals surface area contributed by atoms with E-state index in [0.717, 1.165) is 67.9 Å². The van der Waals surface area contributed by atoms with Gasteiger partial charge in [-0.25, -0.2) is 0 Å². The number of para-hydroxylation sites is 1. The van der Waals surface area contributed by atoms with Crippen molar-refractivity contribution in [2.75, 3.05) is 24.6 Å². The molecule has 0 saturated carbocycles. The van der Waals surface area contributed by atoms with Gasteiger partial charge in [0.1, 0.15) is 18.0 Å². The molecule has 7 nitrogen and oxygen atoms in total. The van der Waals surface area contributed by atoms with E-state index in [0.29, 0.717) is 6.61 Å². The third-order valence-corrected chi connectivity index (χ3v) is 9.42. The van der Waals surface area contributed by atoms with Gasteiger partial charge in [-0.05, 0) is 80.8 Å². The summed E-state index contributed by atoms with van der Waals surface area (Å²) in [5.41, 5.74) is 6.28. The number of benzene rings is 3. The molecule has 0 aromatic heterocycles. The lowest BCUT2D eigenvalue weighted by molar-refractivity contribution is -0.438. The van der Waals surface area contributed by atoms with Crippen molar-refractivity contribution in [3.8, 4) is 11.5 Å². The molecule has 0 unspecified atom stereocenters. The van der Waals surface area contributed by atoms with Gasteiger partial charge < -0.3 is 14.7 Å². The van der Waals surface area contributed by atoms with E-state index in [1.54, 1.807) is 30.3 Å². The summed E-state index contributed by atoms with van der Waals surface area (Å²) < 4.78 is 41.9. The molecular formula is C36H43N2O5S+. The van der Waals surface area contributed by atoms with Crippen LogP contribution in [0.1, 0.15) is 64.0 Å². The van der Waals surface area contributed by atoms with Gasteiger partial charge >= 0.3 is 0 Å². The van der Waals surface area contributed by atoms with Gasteiger partial charge in [-0.15, -0.1) is 0 Å². The number of hydrogen-bond acceptors (Lipinski definition) is 5. The number of hydrogen-bond donors (Lipinski definition) is 2. The number of rotatable bonds is 13. The molecule has 2 N–H and O–H groups in total. The lowest BCUT2D eigenvalue weighted by atomic mass is 9.81. The fourth-order valence-electron chi connectivity index (χ4n) is 6.24. The summed E-state index contributed by atoms with van der Waals surface area (Å²) in [4.78, 5) is 2.29. The van der Waals surface area contributed by atoms with Crippen LogP contribution in [-0.2, 0) is 22.0 Å². The minimum atomic E-state index is -4.30. The summed E-state index contributed by atoms with van der Waals surface area (Å²) in [6.45, 7) is 8.65. The minimum Gasteiger partial charge on any atom is -0.508 e. The van der Waals surface area contributed by atoms with E-state index in [1.807, 2.05) is 6.07 Å². The van der Waals surface area contributed by atoms with Crippen molar-refractivity contribution < 1.29 is 27.4 Å². The molecule has 8 heteroatoms. The topological polar surface area (TPSA) is 90.1 Å². The summed E-state index contributed by atoms with van der Waals surface area (Å²) in [5.74, 6) is 0.961. The van der Waals surface area contributed by atoms with E-state index in [-0.39, 0.29) is 10.6 Å². The Hall–Kier alpha value is -3.88. The molecule has 2 aliphatic rings. The molecule has 0 aliphatic carbocycles. The summed E-state index contributed by atoms with van der Waals surface area (Å²) >= 11 is 0. The Balaban J connectivity index is 1.38. The molecular weight excluding hydrogens is 572 g/mol. The van der Waals surface area contributed by atoms with E-state index in [1.165, 1.54) is 29.4 Å². The van der Waals surface area contributed by atoms with E-state index < -0.39 is 15.5 Å². The fraction of sp³-hybridized carbons (Fsp3) is 0.361. The van der Waals surface area contributed by atoms with Crippen LogP contribution in [0, 0.1) is 0 Å². The van der Waals surface area contributed by atoms with Crippen LogP contribution in [0.4, 0.5) is 11.4 Å². The van der Waals surface area contributed by atoms with E-state index >= 15 is 0 Å². The molecule has 3 aromatic carbocycles. The van der Waals surface area contributed by atoms with Crippen LogP contribution in [-0.4, -0.2) is 48.1 Å². The molecule has 44 heavy (non-hydrogen) atoms. The second kappa shape index (κ2) is 13.4. The highest BCUT2D eigenvalue weighted by Gasteiger charge is 2.44. The van der Waals surface area contributed by atoms with Crippen molar-refractivity contribution in [2.24, 2.45) is 0 Å². The van der Waals surface area contributed by atoms with Gasteiger partial charge in [-0.3, -0.25) is 4.55 Å². The van der Waals surface area contributed by atoms with Crippen molar-refractivity contribution in [1.29, 1.82) is 0 Å². The van der Waals surface area contributed by atoms with Crippen LogP contribution in [0.25, 0.3) is 0 Å². The standard InChI is InChI=1S/C36H42N2O5S/c1-4-5-6-9-22-38-34-21-20-31(44(40,41)42)26-32(34)36(2,3)35(38)15-10-13-28-25-27-12-7-8-14-33(27)37(28)23-11-24-43-30-18-16-29(39)17-19-30/h7-8,10,12-21,26H,4-6,9,11,22-25H2,1-3H3,(H-,39,40,41,42)/p+1. The third kappa shape index (κ3) is 6.92. The van der Waals surface area contributed by atoms with Gasteiger partial charge in [0.25, 0.3) is 10.1 Å². The quantitative estimate of drug-likeness (QED) is 0.117. The number of phenolic OH excluding ortho intramolecular Hbond substituents is 1. The monoisotopic (exact) mass is 615 g/mol. The molecule has 0 atom stereocenters. The van der Waals surface area contributed by atoms with E-state index in [2.05, 4.69) is 72.7 Å². The molecule has 0 saturated heterocycles. The van der Waals surface area contributed by atoms with E-state index in [9.17, 15) is 18.1 Å². The van der Waals surface area contributed by atoms with Gasteiger partial charge in [0, 0.05) is 48.5 Å². The Kier molecular flexibility index (Phi) is 9.61. The second-order valence-electron chi connectivity index (χ2n) is 12.0. The van der Waals surface area contributed by atoms with Crippen LogP contribution < -0.4 is 9.64 Å². The molecule has 0 bridgehead atoms. The number of allylic oxidation sites excluding steroid dienone is 4. The minimum absolute atomic E-state index is 0.0728. The van der Waals surface area contributed by atoms with Gasteiger partial charge in [-0.2, -0.15) is 13.0 Å². The maximum atomic E-state index is 12.0. The van der Waals surface area contributed by atoms with Crippen molar-refractivity contribution in [3.63, 3.8) is 0 Å². The molecule has 0 fully saturated rings. The van der Waals surface area contributed by atoms with Crippen molar-refractivity contribution in [2.45, 2.75) is 69.6 Å². The Morgan fingerprint density at radius 1 is 1.00 bits per heavy atom. The Morgan fingerprint density at radius 3 is 2.52 bits per heavy atom. The average Bonchev–Trinajstić information content (AvgIpc) is 3.45. The zero-order valence-corrected chi connectivity index (χ0v) is 26.7. The van der Waals surface area contributed by atoms with Crippen molar-refractivity contribution in [1.82, 2.24) is 0 Å². The van der Waals surface area contributed by atoms with Crippen LogP contribution in [0.2, 0.25) is 0 Å². The highest BCUT2D eigenvalue weighted by Crippen LogP contribution is 2.41. The first-order valence-corrected chi connectivity index (χ1v) is 16.9. The van der Waals surface area contributed by atoms with Crippen LogP contribution in [0.15, 0.2) is 95.6 Å². The first kappa shape index (κ1) is 31.5. The summed E-state index contributed by atoms with van der Waals surface area (Å²) in [7, 11) is -4.30. The highest BCUT2D eigenvalue weighted by atomic mass is 32.2. The number of fused-ring (bicyclic) bond motifs is 2. The summed E-state index contributed by atoms with van der Waals surface area (Å²) in [6.07, 6.45) is 12.7. The molecule has 5 rings (SSSR count). The largest absolute Gasteiger partial charge is 0.508 e. The number of unbranched alkanes of at least 4 members (excludes halogenated alkanes) is 3. The number of nitrogens with zero attached hydrogens (tertiary/aromatic N) is 2. The van der Waals surface area contributed by atoms with Gasteiger partial charge in [-0.1, -0.05) is 44.0 Å². The first-order valence-electron chi connectivity index (χ1n) is 15.5. The number of anilines is 1. The lowest BCUT2D eigenvalue weighted by Gasteiger charge is -2.21. The SMILES string of the molecule is CCCCCC[N+]1=C(C=CC=C2Cc3ccccc3N2CCCOc2ccc(O)cc2)C(C)(C)c2cc(S(=O)(=O)O)ccc21. The van der Waals surface area contributed by atoms with Crippen LogP contribution in [0.3, 0.4) is 0 Å². The predicted octanol–water partition coefficient (Wildman–Crippen LogP) is 7.57. The van der Waals surface area contributed by atoms with E-state index in [4.69, 9.17) is 4.74 Å². The normalized spacial score (nSPS) is 16.6. The smallest absolute Gasteiger partial charge is 0.294 e. The molecule has 2 aliphatic heterocycles. The number of aromatic hydroxyl groups is 1. The number of phenols is 1. The average molecular weight is 616 g/mol. The second-order valence-corrected chi connectivity index (χ2v) is 13.5. The zero-order valence-electron chi connectivity index (χ0n) is 25.9. The third-order valence-electron chi connectivity index (χ3n) is 8.57. The number of ether oxygens (including phenoxy) is 1. The maximum absolute atomic E-state index is 12.0. The van der Waals surface area contributed by atoms with Gasteiger partial charge in [0.05, 0.1) is 16.9 Å². The van der Waals surface area contributed by atoms with Crippen molar-refractivity contribution >= 4 is 27.2 Å². The zero-order chi connectivity index (χ0) is 31.3. The molecule has 0 amide bonds. The highest BCUT2D eigenvalue weighted by molar-refractivity contribution is 7.85. The van der Waals surface area contributed by atoms with Gasteiger partial charge in [0.15, 0.2) is 5.71 Å². The Morgan fingerprint density at radius 2 is 1.77 bits per heavy atom. The molecule has 2 heterocycles. The van der Waals surface area contributed by atoms with Crippen molar-refractivity contribution in [3.05, 3.63) is 102 Å². The van der Waals surface area contributed by atoms with Gasteiger partial charge in [0.2, 0.25) is 5.69 Å². The molecule has 232 valence electrons. The maximum Gasteiger partial charge on any atom is 0.294 e.